The highest BCUT2D eigenvalue weighted by Crippen LogP contribution is 2.21. The summed E-state index contributed by atoms with van der Waals surface area (Å²) in [6.45, 7) is 5.68. The maximum atomic E-state index is 12.1. The third-order valence-corrected chi connectivity index (χ3v) is 3.64. The molecule has 0 atom stereocenters. The van der Waals surface area contributed by atoms with E-state index in [1.54, 1.807) is 6.08 Å². The van der Waals surface area contributed by atoms with E-state index in [1.807, 2.05) is 11.9 Å². The number of rotatable bonds is 5. The molecular weight excluding hydrogens is 228 g/mol. The predicted octanol–water partition coefficient (Wildman–Crippen LogP) is 1.81. The second-order valence-corrected chi connectivity index (χ2v) is 4.98. The smallest absolute Gasteiger partial charge is 0.242 e. The van der Waals surface area contributed by atoms with E-state index in [9.17, 15) is 9.59 Å². The summed E-state index contributed by atoms with van der Waals surface area (Å²) >= 11 is 0. The van der Waals surface area contributed by atoms with E-state index >= 15 is 0 Å². The molecule has 0 aromatic rings. The molecule has 0 unspecified atom stereocenters. The highest BCUT2D eigenvalue weighted by Gasteiger charge is 2.23. The Bertz CT molecular complexity index is 309. The summed E-state index contributed by atoms with van der Waals surface area (Å²) in [6, 6.07) is 0.351. The largest absolute Gasteiger partial charge is 0.341 e. The lowest BCUT2D eigenvalue weighted by molar-refractivity contribution is -0.139. The summed E-state index contributed by atoms with van der Waals surface area (Å²) in [4.78, 5) is 26.8. The third-order valence-electron chi connectivity index (χ3n) is 3.64. The van der Waals surface area contributed by atoms with Crippen LogP contribution in [0, 0.1) is 0 Å². The molecule has 2 amide bonds. The Hall–Kier alpha value is -1.32. The molecule has 0 heterocycles. The maximum absolute atomic E-state index is 12.1. The predicted molar refractivity (Wildman–Crippen MR) is 72.1 cm³/mol. The molecular formula is C14H24N2O2. The Labute approximate surface area is 110 Å². The maximum Gasteiger partial charge on any atom is 0.242 e. The van der Waals surface area contributed by atoms with Gasteiger partial charge in [0.15, 0.2) is 0 Å². The fourth-order valence-corrected chi connectivity index (χ4v) is 2.41. The Morgan fingerprint density at radius 2 is 1.89 bits per heavy atom. The van der Waals surface area contributed by atoms with E-state index in [0.717, 1.165) is 12.8 Å². The number of amides is 2. The van der Waals surface area contributed by atoms with E-state index in [2.05, 4.69) is 6.58 Å². The van der Waals surface area contributed by atoms with Gasteiger partial charge in [-0.3, -0.25) is 9.59 Å². The number of nitrogens with zero attached hydrogens (tertiary/aromatic N) is 2. The van der Waals surface area contributed by atoms with Gasteiger partial charge in [-0.1, -0.05) is 25.3 Å². The first-order valence-corrected chi connectivity index (χ1v) is 6.68. The molecule has 0 aromatic carbocycles. The van der Waals surface area contributed by atoms with Crippen molar-refractivity contribution in [2.24, 2.45) is 0 Å². The molecule has 1 rings (SSSR count). The van der Waals surface area contributed by atoms with Crippen LogP contribution in [0.25, 0.3) is 0 Å². The van der Waals surface area contributed by atoms with Gasteiger partial charge in [-0.25, -0.2) is 0 Å². The van der Waals surface area contributed by atoms with Crippen molar-refractivity contribution in [2.75, 3.05) is 20.1 Å². The first-order valence-electron chi connectivity index (χ1n) is 6.68. The van der Waals surface area contributed by atoms with Crippen LogP contribution in [0.1, 0.15) is 39.0 Å². The minimum Gasteiger partial charge on any atom is -0.341 e. The van der Waals surface area contributed by atoms with Crippen molar-refractivity contribution >= 4 is 11.8 Å². The average molecular weight is 252 g/mol. The molecule has 0 radical (unpaired) electrons. The lowest BCUT2D eigenvalue weighted by Crippen LogP contribution is -2.45. The molecule has 102 valence electrons. The van der Waals surface area contributed by atoms with Gasteiger partial charge < -0.3 is 9.80 Å². The number of hydrogen-bond donors (Lipinski definition) is 0. The summed E-state index contributed by atoms with van der Waals surface area (Å²) in [5, 5.41) is 0. The van der Waals surface area contributed by atoms with Gasteiger partial charge in [-0.05, 0) is 12.8 Å². The fourth-order valence-electron chi connectivity index (χ4n) is 2.41. The van der Waals surface area contributed by atoms with Crippen molar-refractivity contribution in [2.45, 2.75) is 45.1 Å². The van der Waals surface area contributed by atoms with Gasteiger partial charge >= 0.3 is 0 Å². The summed E-state index contributed by atoms with van der Waals surface area (Å²) in [6.07, 6.45) is 7.49. The van der Waals surface area contributed by atoms with Gasteiger partial charge in [0.1, 0.15) is 6.54 Å². The molecule has 0 N–H and O–H groups in total. The zero-order valence-corrected chi connectivity index (χ0v) is 11.5. The molecule has 0 aromatic heterocycles. The van der Waals surface area contributed by atoms with Crippen LogP contribution in [-0.4, -0.2) is 47.8 Å². The van der Waals surface area contributed by atoms with Gasteiger partial charge in [-0.15, -0.1) is 6.58 Å². The summed E-state index contributed by atoms with van der Waals surface area (Å²) in [5.74, 6) is -0.0563. The first-order chi connectivity index (χ1) is 8.56. The van der Waals surface area contributed by atoms with Crippen LogP contribution in [0.4, 0.5) is 0 Å². The summed E-state index contributed by atoms with van der Waals surface area (Å²) in [5.41, 5.74) is 0. The van der Waals surface area contributed by atoms with Crippen molar-refractivity contribution < 1.29 is 9.59 Å². The Balaban J connectivity index is 2.51. The molecule has 1 fully saturated rings. The molecule has 1 aliphatic rings. The van der Waals surface area contributed by atoms with Gasteiger partial charge in [-0.2, -0.15) is 0 Å². The van der Waals surface area contributed by atoms with Crippen molar-refractivity contribution in [1.29, 1.82) is 0 Å². The molecule has 0 bridgehead atoms. The van der Waals surface area contributed by atoms with Crippen LogP contribution in [0.2, 0.25) is 0 Å². The van der Waals surface area contributed by atoms with Crippen LogP contribution in [0.3, 0.4) is 0 Å². The Morgan fingerprint density at radius 3 is 2.39 bits per heavy atom. The number of likely N-dealkylation sites (N-methyl/N-ethyl adjacent to an activating group) is 1. The highest BCUT2D eigenvalue weighted by atomic mass is 16.2. The van der Waals surface area contributed by atoms with E-state index in [4.69, 9.17) is 0 Å². The normalized spacial score (nSPS) is 16.1. The molecule has 0 aliphatic heterocycles. The van der Waals surface area contributed by atoms with Gasteiger partial charge in [0, 0.05) is 26.6 Å². The highest BCUT2D eigenvalue weighted by molar-refractivity contribution is 5.84. The minimum absolute atomic E-state index is 0.0268. The van der Waals surface area contributed by atoms with Crippen molar-refractivity contribution in [3.63, 3.8) is 0 Å². The Kier molecular flexibility index (Phi) is 5.89. The lowest BCUT2D eigenvalue weighted by atomic mass is 9.94. The van der Waals surface area contributed by atoms with E-state index in [0.29, 0.717) is 12.6 Å². The Morgan fingerprint density at radius 1 is 1.28 bits per heavy atom. The number of carbonyl (C=O) groups excluding carboxylic acids is 2. The van der Waals surface area contributed by atoms with E-state index in [1.165, 1.54) is 31.1 Å². The fraction of sp³-hybridized carbons (Fsp3) is 0.714. The molecule has 0 spiro atoms. The van der Waals surface area contributed by atoms with Crippen molar-refractivity contribution in [1.82, 2.24) is 9.80 Å². The molecule has 1 aliphatic carbocycles. The topological polar surface area (TPSA) is 40.6 Å². The zero-order chi connectivity index (χ0) is 13.5. The van der Waals surface area contributed by atoms with Crippen LogP contribution >= 0.6 is 0 Å². The summed E-state index contributed by atoms with van der Waals surface area (Å²) < 4.78 is 0. The van der Waals surface area contributed by atoms with Crippen LogP contribution < -0.4 is 0 Å². The van der Waals surface area contributed by atoms with Crippen molar-refractivity contribution in [3.8, 4) is 0 Å². The zero-order valence-electron chi connectivity index (χ0n) is 11.5. The molecule has 18 heavy (non-hydrogen) atoms. The second kappa shape index (κ2) is 7.19. The number of hydrogen-bond acceptors (Lipinski definition) is 2. The van der Waals surface area contributed by atoms with Gasteiger partial charge in [0.2, 0.25) is 11.8 Å². The SMILES string of the molecule is C=CCN(CC(=O)N(C)C1CCCCC1)C(C)=O. The molecule has 4 heteroatoms. The van der Waals surface area contributed by atoms with Crippen LogP contribution in [0.5, 0.6) is 0 Å². The lowest BCUT2D eigenvalue weighted by Gasteiger charge is -2.32. The van der Waals surface area contributed by atoms with Crippen LogP contribution in [-0.2, 0) is 9.59 Å². The van der Waals surface area contributed by atoms with E-state index in [-0.39, 0.29) is 18.4 Å². The second-order valence-electron chi connectivity index (χ2n) is 4.98. The monoisotopic (exact) mass is 252 g/mol. The first kappa shape index (κ1) is 14.7. The molecule has 1 saturated carbocycles. The number of carbonyl (C=O) groups is 2. The van der Waals surface area contributed by atoms with Crippen molar-refractivity contribution in [3.05, 3.63) is 12.7 Å². The standard InChI is InChI=1S/C14H24N2O2/c1-4-10-16(12(2)17)11-14(18)15(3)13-8-6-5-7-9-13/h4,13H,1,5-11H2,2-3H3. The van der Waals surface area contributed by atoms with Gasteiger partial charge in [0.25, 0.3) is 0 Å². The van der Waals surface area contributed by atoms with Gasteiger partial charge in [0.05, 0.1) is 0 Å². The average Bonchev–Trinajstić information content (AvgIpc) is 2.38. The quantitative estimate of drug-likeness (QED) is 0.700. The molecule has 4 nitrogen and oxygen atoms in total. The minimum atomic E-state index is -0.0831. The van der Waals surface area contributed by atoms with E-state index < -0.39 is 0 Å². The molecule has 0 saturated heterocycles. The van der Waals surface area contributed by atoms with Crippen LogP contribution in [0.15, 0.2) is 12.7 Å². The third kappa shape index (κ3) is 4.17. The summed E-state index contributed by atoms with van der Waals surface area (Å²) in [7, 11) is 1.85.